The van der Waals surface area contributed by atoms with Gasteiger partial charge in [-0.2, -0.15) is 0 Å². The Morgan fingerprint density at radius 3 is 2.53 bits per heavy atom. The maximum atomic E-state index is 11.6. The van der Waals surface area contributed by atoms with Gasteiger partial charge in [0.25, 0.3) is 0 Å². The molecule has 1 aromatic carbocycles. The monoisotopic (exact) mass is 464 g/mol. The van der Waals surface area contributed by atoms with E-state index in [1.165, 1.54) is 6.92 Å². The summed E-state index contributed by atoms with van der Waals surface area (Å²) < 4.78 is 5.55. The highest BCUT2D eigenvalue weighted by atomic mass is 35.5. The number of alkyl halides is 1. The number of carbonyl (C=O) groups is 2. The van der Waals surface area contributed by atoms with Crippen LogP contribution in [-0.4, -0.2) is 33.6 Å². The molecule has 1 aromatic rings. The number of aliphatic hydroxyl groups is 1. The Morgan fingerprint density at radius 2 is 1.91 bits per heavy atom. The lowest BCUT2D eigenvalue weighted by molar-refractivity contribution is -0.147. The number of carboxylic acid groups (broad SMARTS) is 1. The number of aliphatic hydroxyl groups excluding tert-OH is 1. The van der Waals surface area contributed by atoms with E-state index >= 15 is 0 Å². The molecular formula is C26H37ClO5. The lowest BCUT2D eigenvalue weighted by Crippen LogP contribution is -2.18. The minimum absolute atomic E-state index is 0.0533. The van der Waals surface area contributed by atoms with Gasteiger partial charge in [0.15, 0.2) is 0 Å². The van der Waals surface area contributed by atoms with Crippen molar-refractivity contribution in [3.8, 4) is 0 Å². The molecule has 0 saturated heterocycles. The summed E-state index contributed by atoms with van der Waals surface area (Å²) >= 11 is 6.58. The molecule has 0 bridgehead atoms. The fourth-order valence-corrected chi connectivity index (χ4v) is 5.02. The van der Waals surface area contributed by atoms with Gasteiger partial charge in [0.1, 0.15) is 6.10 Å². The van der Waals surface area contributed by atoms with Crippen molar-refractivity contribution in [2.45, 2.75) is 95.1 Å². The normalized spacial score (nSPS) is 24.0. The van der Waals surface area contributed by atoms with E-state index in [0.29, 0.717) is 12.8 Å². The maximum Gasteiger partial charge on any atom is 0.303 e. The van der Waals surface area contributed by atoms with Gasteiger partial charge in [0.2, 0.25) is 0 Å². The van der Waals surface area contributed by atoms with Crippen molar-refractivity contribution in [2.24, 2.45) is 5.92 Å². The van der Waals surface area contributed by atoms with E-state index < -0.39 is 12.1 Å². The molecule has 0 spiro atoms. The highest BCUT2D eigenvalue weighted by Gasteiger charge is 2.41. The second kappa shape index (κ2) is 13.6. The Morgan fingerprint density at radius 1 is 1.19 bits per heavy atom. The first-order chi connectivity index (χ1) is 15.3. The van der Waals surface area contributed by atoms with Crippen LogP contribution in [0.5, 0.6) is 0 Å². The topological polar surface area (TPSA) is 83.8 Å². The SMILES string of the molecule is CCCCCC(OC(C)=O)c1ccc([C@@H]2[C@@H](C/C=C\CCCC(=O)O)[C@H](Cl)C[C@H]2O)cc1. The van der Waals surface area contributed by atoms with Crippen molar-refractivity contribution in [1.82, 2.24) is 0 Å². The Balaban J connectivity index is 2.06. The number of allylic oxidation sites excluding steroid dienone is 2. The third-order valence-corrected chi connectivity index (χ3v) is 6.72. The number of ether oxygens (including phenoxy) is 1. The second-order valence-corrected chi connectivity index (χ2v) is 9.32. The number of halogens is 1. The van der Waals surface area contributed by atoms with Crippen LogP contribution in [0.15, 0.2) is 36.4 Å². The third kappa shape index (κ3) is 8.25. The Bertz CT molecular complexity index is 745. The number of esters is 1. The largest absolute Gasteiger partial charge is 0.481 e. The fraction of sp³-hybridized carbons (Fsp3) is 0.615. The Kier molecular flexibility index (Phi) is 11.3. The molecule has 1 saturated carbocycles. The average Bonchev–Trinajstić information content (AvgIpc) is 3.02. The van der Waals surface area contributed by atoms with Crippen LogP contribution in [-0.2, 0) is 14.3 Å². The van der Waals surface area contributed by atoms with Gasteiger partial charge in [-0.25, -0.2) is 0 Å². The molecule has 1 aliphatic carbocycles. The van der Waals surface area contributed by atoms with Crippen LogP contribution < -0.4 is 0 Å². The molecule has 0 radical (unpaired) electrons. The van der Waals surface area contributed by atoms with Gasteiger partial charge in [-0.15, -0.1) is 11.6 Å². The first-order valence-electron chi connectivity index (χ1n) is 11.8. The van der Waals surface area contributed by atoms with E-state index in [1.54, 1.807) is 0 Å². The summed E-state index contributed by atoms with van der Waals surface area (Å²) in [7, 11) is 0. The number of carboxylic acids is 1. The minimum atomic E-state index is -0.775. The highest BCUT2D eigenvalue weighted by molar-refractivity contribution is 6.21. The molecular weight excluding hydrogens is 428 g/mol. The summed E-state index contributed by atoms with van der Waals surface area (Å²) in [5, 5.41) is 19.3. The lowest BCUT2D eigenvalue weighted by atomic mass is 9.84. The molecule has 1 fully saturated rings. The summed E-state index contributed by atoms with van der Waals surface area (Å²) in [5.41, 5.74) is 2.02. The predicted molar refractivity (Wildman–Crippen MR) is 127 cm³/mol. The van der Waals surface area contributed by atoms with E-state index in [4.69, 9.17) is 21.4 Å². The van der Waals surface area contributed by atoms with Gasteiger partial charge in [-0.3, -0.25) is 9.59 Å². The quantitative estimate of drug-likeness (QED) is 0.158. The first kappa shape index (κ1) is 26.4. The van der Waals surface area contributed by atoms with Crippen LogP contribution >= 0.6 is 11.6 Å². The van der Waals surface area contributed by atoms with Crippen molar-refractivity contribution in [3.05, 3.63) is 47.5 Å². The Labute approximate surface area is 196 Å². The summed E-state index contributed by atoms with van der Waals surface area (Å²) in [4.78, 5) is 22.2. The smallest absolute Gasteiger partial charge is 0.303 e. The van der Waals surface area contributed by atoms with Crippen LogP contribution in [0.1, 0.15) is 94.8 Å². The van der Waals surface area contributed by atoms with Crippen molar-refractivity contribution in [3.63, 3.8) is 0 Å². The van der Waals surface area contributed by atoms with E-state index in [2.05, 4.69) is 13.0 Å². The van der Waals surface area contributed by atoms with E-state index in [1.807, 2.05) is 30.3 Å². The molecule has 5 atom stereocenters. The molecule has 0 heterocycles. The molecule has 0 aliphatic heterocycles. The zero-order valence-corrected chi connectivity index (χ0v) is 20.0. The summed E-state index contributed by atoms with van der Waals surface area (Å²) in [6.45, 7) is 3.59. The van der Waals surface area contributed by atoms with Gasteiger partial charge >= 0.3 is 11.9 Å². The number of rotatable bonds is 13. The highest BCUT2D eigenvalue weighted by Crippen LogP contribution is 2.45. The second-order valence-electron chi connectivity index (χ2n) is 8.76. The number of carbonyl (C=O) groups excluding carboxylic acids is 1. The van der Waals surface area contributed by atoms with Crippen molar-refractivity contribution >= 4 is 23.5 Å². The van der Waals surface area contributed by atoms with Crippen molar-refractivity contribution < 1.29 is 24.5 Å². The number of hydrogen-bond donors (Lipinski definition) is 2. The first-order valence-corrected chi connectivity index (χ1v) is 12.2. The predicted octanol–water partition coefficient (Wildman–Crippen LogP) is 6.14. The zero-order chi connectivity index (χ0) is 23.5. The van der Waals surface area contributed by atoms with Gasteiger partial charge in [0.05, 0.1) is 6.10 Å². The molecule has 0 amide bonds. The summed E-state index contributed by atoms with van der Waals surface area (Å²) in [6, 6.07) is 8.06. The lowest BCUT2D eigenvalue weighted by Gasteiger charge is -2.24. The number of unbranched alkanes of at least 4 members (excludes halogenated alkanes) is 3. The third-order valence-electron chi connectivity index (χ3n) is 6.21. The molecule has 1 unspecified atom stereocenters. The molecule has 32 heavy (non-hydrogen) atoms. The Hall–Kier alpha value is -1.85. The molecule has 1 aliphatic rings. The summed E-state index contributed by atoms with van der Waals surface area (Å²) in [6.07, 6.45) is 10.2. The minimum Gasteiger partial charge on any atom is -0.481 e. The maximum absolute atomic E-state index is 11.6. The molecule has 178 valence electrons. The molecule has 6 heteroatoms. The van der Waals surface area contributed by atoms with Crippen molar-refractivity contribution in [2.75, 3.05) is 0 Å². The summed E-state index contributed by atoms with van der Waals surface area (Å²) in [5.74, 6) is -0.991. The van der Waals surface area contributed by atoms with Gasteiger partial charge in [0, 0.05) is 24.6 Å². The van der Waals surface area contributed by atoms with Crippen LogP contribution in [0.25, 0.3) is 0 Å². The number of aliphatic carboxylic acids is 1. The zero-order valence-electron chi connectivity index (χ0n) is 19.2. The van der Waals surface area contributed by atoms with Crippen LogP contribution in [0, 0.1) is 5.92 Å². The molecule has 5 nitrogen and oxygen atoms in total. The standard InChI is InChI=1S/C26H37ClO5/c1-3-4-7-11-24(32-18(2)28)19-13-15-20(16-14-19)26-21(22(27)17-23(26)29)10-8-5-6-9-12-25(30)31/h5,8,13-16,21-24,26,29H,3-4,6-7,9-12,17H2,1-2H3,(H,30,31)/b8-5-/t21-,22+,23+,24?,26+/m0/s1. The van der Waals surface area contributed by atoms with E-state index in [0.717, 1.165) is 49.7 Å². The van der Waals surface area contributed by atoms with Crippen LogP contribution in [0.3, 0.4) is 0 Å². The van der Waals surface area contributed by atoms with E-state index in [9.17, 15) is 14.7 Å². The van der Waals surface area contributed by atoms with Gasteiger partial charge in [-0.05, 0) is 55.6 Å². The van der Waals surface area contributed by atoms with Gasteiger partial charge < -0.3 is 14.9 Å². The van der Waals surface area contributed by atoms with Crippen molar-refractivity contribution in [1.29, 1.82) is 0 Å². The number of hydrogen-bond acceptors (Lipinski definition) is 4. The van der Waals surface area contributed by atoms with Gasteiger partial charge in [-0.1, -0.05) is 56.2 Å². The molecule has 2 N–H and O–H groups in total. The van der Waals surface area contributed by atoms with E-state index in [-0.39, 0.29) is 35.7 Å². The molecule has 2 rings (SSSR count). The fourth-order valence-electron chi connectivity index (χ4n) is 4.57. The molecule has 0 aromatic heterocycles. The van der Waals surface area contributed by atoms with Crippen LogP contribution in [0.2, 0.25) is 0 Å². The van der Waals surface area contributed by atoms with Crippen LogP contribution in [0.4, 0.5) is 0 Å². The number of benzene rings is 1. The average molecular weight is 465 g/mol.